The van der Waals surface area contributed by atoms with Gasteiger partial charge in [-0.05, 0) is 61.7 Å². The zero-order valence-electron chi connectivity index (χ0n) is 22.3. The number of esters is 1. The molecule has 4 rings (SSSR count). The number of ether oxygens (including phenoxy) is 3. The summed E-state index contributed by atoms with van der Waals surface area (Å²) in [7, 11) is 0. The number of nitrogens with zero attached hydrogens (tertiary/aromatic N) is 2. The fraction of sp³-hybridized carbons (Fsp3) is 0.300. The summed E-state index contributed by atoms with van der Waals surface area (Å²) in [6.45, 7) is 10.3. The van der Waals surface area contributed by atoms with Crippen molar-refractivity contribution in [1.82, 2.24) is 4.57 Å². The van der Waals surface area contributed by atoms with Crippen LogP contribution in [-0.2, 0) is 9.53 Å². The number of phenolic OH excluding ortho intramolecular Hbond substituents is 1. The SMILES string of the molecule is C=CCOC(=O)C1=C(C)N=c2sc(=Cc3ccc(O)c(OCC)c3)c(=O)n2C1c1ccc(OCCCC)cc1. The Balaban J connectivity index is 1.83. The number of aromatic hydroxyl groups is 1. The molecule has 9 heteroatoms. The van der Waals surface area contributed by atoms with Crippen LogP contribution in [0.25, 0.3) is 6.08 Å². The molecule has 0 aliphatic carbocycles. The highest BCUT2D eigenvalue weighted by atomic mass is 32.1. The lowest BCUT2D eigenvalue weighted by molar-refractivity contribution is -0.138. The zero-order valence-corrected chi connectivity index (χ0v) is 23.1. The van der Waals surface area contributed by atoms with Crippen LogP contribution in [0.5, 0.6) is 17.2 Å². The Labute approximate surface area is 230 Å². The van der Waals surface area contributed by atoms with Crippen molar-refractivity contribution < 1.29 is 24.1 Å². The third kappa shape index (κ3) is 6.15. The van der Waals surface area contributed by atoms with Crippen LogP contribution >= 0.6 is 11.3 Å². The minimum atomic E-state index is -0.732. The van der Waals surface area contributed by atoms with Gasteiger partial charge in [-0.2, -0.15) is 0 Å². The number of hydrogen-bond donors (Lipinski definition) is 1. The van der Waals surface area contributed by atoms with Crippen molar-refractivity contribution in [3.8, 4) is 17.2 Å². The molecule has 0 radical (unpaired) electrons. The van der Waals surface area contributed by atoms with Gasteiger partial charge in [-0.3, -0.25) is 9.36 Å². The maximum Gasteiger partial charge on any atom is 0.338 e. The highest BCUT2D eigenvalue weighted by molar-refractivity contribution is 7.07. The first-order valence-electron chi connectivity index (χ1n) is 12.9. The van der Waals surface area contributed by atoms with E-state index in [1.807, 2.05) is 31.2 Å². The fourth-order valence-electron chi connectivity index (χ4n) is 4.23. The third-order valence-electron chi connectivity index (χ3n) is 6.12. The lowest BCUT2D eigenvalue weighted by Gasteiger charge is -2.24. The topological polar surface area (TPSA) is 99.4 Å². The molecule has 8 nitrogen and oxygen atoms in total. The van der Waals surface area contributed by atoms with Crippen molar-refractivity contribution in [3.05, 3.63) is 97.2 Å². The summed E-state index contributed by atoms with van der Waals surface area (Å²) < 4.78 is 18.6. The van der Waals surface area contributed by atoms with Crippen LogP contribution in [-0.4, -0.2) is 35.5 Å². The molecular weight excluding hydrogens is 516 g/mol. The van der Waals surface area contributed by atoms with Gasteiger partial charge >= 0.3 is 5.97 Å². The maximum atomic E-state index is 13.8. The molecule has 0 amide bonds. The normalized spacial score (nSPS) is 14.9. The Hall–Kier alpha value is -4.11. The predicted octanol–water partition coefficient (Wildman–Crippen LogP) is 4.25. The van der Waals surface area contributed by atoms with Gasteiger partial charge in [0.25, 0.3) is 5.56 Å². The number of benzene rings is 2. The molecule has 1 aliphatic heterocycles. The Morgan fingerprint density at radius 2 is 1.95 bits per heavy atom. The van der Waals surface area contributed by atoms with E-state index in [1.165, 1.54) is 28.0 Å². The number of hydrogen-bond acceptors (Lipinski definition) is 8. The predicted molar refractivity (Wildman–Crippen MR) is 151 cm³/mol. The lowest BCUT2D eigenvalue weighted by Crippen LogP contribution is -2.39. The van der Waals surface area contributed by atoms with Crippen molar-refractivity contribution in [2.75, 3.05) is 19.8 Å². The van der Waals surface area contributed by atoms with E-state index in [9.17, 15) is 14.7 Å². The maximum absolute atomic E-state index is 13.8. The van der Waals surface area contributed by atoms with Gasteiger partial charge in [-0.15, -0.1) is 0 Å². The van der Waals surface area contributed by atoms with E-state index in [2.05, 4.69) is 18.5 Å². The summed E-state index contributed by atoms with van der Waals surface area (Å²) in [6.07, 6.45) is 5.20. The van der Waals surface area contributed by atoms with E-state index in [-0.39, 0.29) is 17.9 Å². The summed E-state index contributed by atoms with van der Waals surface area (Å²) in [4.78, 5) is 32.0. The van der Waals surface area contributed by atoms with Gasteiger partial charge < -0.3 is 19.3 Å². The summed E-state index contributed by atoms with van der Waals surface area (Å²) in [5, 5.41) is 10.1. The number of carbonyl (C=O) groups excluding carboxylic acids is 1. The Kier molecular flexibility index (Phi) is 9.03. The number of fused-ring (bicyclic) bond motifs is 1. The Morgan fingerprint density at radius 1 is 1.18 bits per heavy atom. The smallest absolute Gasteiger partial charge is 0.338 e. The summed E-state index contributed by atoms with van der Waals surface area (Å²) in [6, 6.07) is 11.6. The standard InChI is InChI=1S/C30H32N2O6S/c1-5-8-16-37-22-12-10-21(11-13-22)27-26(29(35)38-15-6-2)19(4)31-30-32(27)28(34)25(39-30)18-20-9-14-23(33)24(17-20)36-7-3/h6,9-14,17-18,27,33H,2,5,7-8,15-16H2,1,3-4H3. The molecule has 2 heterocycles. The van der Waals surface area contributed by atoms with Crippen molar-refractivity contribution in [1.29, 1.82) is 0 Å². The second kappa shape index (κ2) is 12.6. The fourth-order valence-corrected chi connectivity index (χ4v) is 5.28. The molecule has 1 aliphatic rings. The monoisotopic (exact) mass is 548 g/mol. The van der Waals surface area contributed by atoms with E-state index >= 15 is 0 Å². The first-order valence-corrected chi connectivity index (χ1v) is 13.7. The molecule has 0 fully saturated rings. The molecule has 1 N–H and O–H groups in total. The van der Waals surface area contributed by atoms with Crippen LogP contribution in [0.15, 0.2) is 76.2 Å². The number of rotatable bonds is 11. The van der Waals surface area contributed by atoms with Crippen molar-refractivity contribution in [2.24, 2.45) is 4.99 Å². The molecular formula is C30H32N2O6S. The van der Waals surface area contributed by atoms with Crippen molar-refractivity contribution in [3.63, 3.8) is 0 Å². The average molecular weight is 549 g/mol. The van der Waals surface area contributed by atoms with Crippen molar-refractivity contribution >= 4 is 23.4 Å². The molecule has 1 unspecified atom stereocenters. The Bertz CT molecular complexity index is 1570. The summed E-state index contributed by atoms with van der Waals surface area (Å²) >= 11 is 1.23. The summed E-state index contributed by atoms with van der Waals surface area (Å²) in [5.74, 6) is 0.518. The lowest BCUT2D eigenvalue weighted by atomic mass is 9.96. The van der Waals surface area contributed by atoms with Crippen LogP contribution in [0.4, 0.5) is 0 Å². The van der Waals surface area contributed by atoms with Crippen LogP contribution in [0.3, 0.4) is 0 Å². The third-order valence-corrected chi connectivity index (χ3v) is 7.10. The zero-order chi connectivity index (χ0) is 27.9. The molecule has 2 aromatic carbocycles. The van der Waals surface area contributed by atoms with E-state index in [1.54, 1.807) is 25.1 Å². The second-order valence-electron chi connectivity index (χ2n) is 8.90. The second-order valence-corrected chi connectivity index (χ2v) is 9.91. The van der Waals surface area contributed by atoms with Gasteiger partial charge in [-0.25, -0.2) is 9.79 Å². The minimum absolute atomic E-state index is 0.0240. The molecule has 0 saturated heterocycles. The summed E-state index contributed by atoms with van der Waals surface area (Å²) in [5.41, 5.74) is 1.90. The molecule has 39 heavy (non-hydrogen) atoms. The molecule has 1 atom stereocenters. The van der Waals surface area contributed by atoms with Crippen LogP contribution in [0.2, 0.25) is 0 Å². The number of carbonyl (C=O) groups is 1. The quantitative estimate of drug-likeness (QED) is 0.219. The minimum Gasteiger partial charge on any atom is -0.504 e. The van der Waals surface area contributed by atoms with Gasteiger partial charge in [0.05, 0.1) is 35.1 Å². The van der Waals surface area contributed by atoms with Crippen LogP contribution in [0.1, 0.15) is 50.8 Å². The molecule has 3 aromatic rings. The Morgan fingerprint density at radius 3 is 2.64 bits per heavy atom. The van der Waals surface area contributed by atoms with Crippen LogP contribution < -0.4 is 24.4 Å². The largest absolute Gasteiger partial charge is 0.504 e. The van der Waals surface area contributed by atoms with E-state index in [4.69, 9.17) is 14.2 Å². The van der Waals surface area contributed by atoms with Gasteiger partial charge in [0.1, 0.15) is 12.4 Å². The number of aromatic nitrogens is 1. The number of allylic oxidation sites excluding steroid dienone is 1. The number of unbranched alkanes of at least 4 members (excludes halogenated alkanes) is 1. The molecule has 0 saturated carbocycles. The number of thiazole rings is 1. The van der Waals surface area contributed by atoms with Crippen molar-refractivity contribution in [2.45, 2.75) is 39.7 Å². The first kappa shape index (κ1) is 27.9. The molecule has 0 spiro atoms. The van der Waals surface area contributed by atoms with E-state index in [0.29, 0.717) is 50.9 Å². The molecule has 1 aromatic heterocycles. The molecule has 0 bridgehead atoms. The molecule has 204 valence electrons. The van der Waals surface area contributed by atoms with Gasteiger partial charge in [0.15, 0.2) is 16.3 Å². The highest BCUT2D eigenvalue weighted by Crippen LogP contribution is 2.32. The van der Waals surface area contributed by atoms with Crippen LogP contribution in [0, 0.1) is 0 Å². The van der Waals surface area contributed by atoms with Gasteiger partial charge in [-0.1, -0.05) is 55.5 Å². The van der Waals surface area contributed by atoms with Gasteiger partial charge in [0, 0.05) is 0 Å². The first-order chi connectivity index (χ1) is 18.9. The van der Waals surface area contributed by atoms with E-state index in [0.717, 1.165) is 18.4 Å². The number of phenols is 1. The average Bonchev–Trinajstić information content (AvgIpc) is 3.23. The van der Waals surface area contributed by atoms with E-state index < -0.39 is 12.0 Å². The highest BCUT2D eigenvalue weighted by Gasteiger charge is 2.33. The van der Waals surface area contributed by atoms with Gasteiger partial charge in [0.2, 0.25) is 0 Å².